The van der Waals surface area contributed by atoms with E-state index in [4.69, 9.17) is 9.97 Å². The first-order valence-electron chi connectivity index (χ1n) is 13.9. The Hall–Kier alpha value is -5.55. The summed E-state index contributed by atoms with van der Waals surface area (Å²) in [5.41, 5.74) is 10.8. The first kappa shape index (κ1) is 25.4. The van der Waals surface area contributed by atoms with Gasteiger partial charge in [-0.25, -0.2) is 14.8 Å². The minimum atomic E-state index is -0.0354. The third kappa shape index (κ3) is 4.41. The molecule has 0 saturated heterocycles. The van der Waals surface area contributed by atoms with Crippen LogP contribution in [0.15, 0.2) is 138 Å². The quantitative estimate of drug-likeness (QED) is 0.221. The molecule has 202 valence electrons. The highest BCUT2D eigenvalue weighted by atomic mass is 16.1. The molecule has 0 saturated carbocycles. The van der Waals surface area contributed by atoms with Gasteiger partial charge in [0.1, 0.15) is 0 Å². The van der Waals surface area contributed by atoms with Crippen LogP contribution >= 0.6 is 0 Å². The second-order valence-corrected chi connectivity index (χ2v) is 10.4. The van der Waals surface area contributed by atoms with Crippen molar-refractivity contribution in [2.24, 2.45) is 14.1 Å². The van der Waals surface area contributed by atoms with Crippen molar-refractivity contribution in [1.29, 1.82) is 0 Å². The summed E-state index contributed by atoms with van der Waals surface area (Å²) < 4.78 is 3.40. The molecule has 7 aromatic rings. The normalized spacial score (nSPS) is 11.2. The van der Waals surface area contributed by atoms with E-state index >= 15 is 0 Å². The predicted octanol–water partition coefficient (Wildman–Crippen LogP) is 8.00. The monoisotopic (exact) mass is 544 g/mol. The minimum Gasteiger partial charge on any atom is -0.295 e. The maximum Gasteiger partial charge on any atom is 0.328 e. The van der Waals surface area contributed by atoms with Gasteiger partial charge in [0.2, 0.25) is 0 Å². The molecule has 0 atom stereocenters. The van der Waals surface area contributed by atoms with Gasteiger partial charge in [0.05, 0.1) is 22.4 Å². The van der Waals surface area contributed by atoms with Crippen LogP contribution in [0.4, 0.5) is 0 Å². The number of aromatic nitrogens is 4. The van der Waals surface area contributed by atoms with E-state index in [1.807, 2.05) is 62.6 Å². The number of hydrogen-bond acceptors (Lipinski definition) is 3. The number of aryl methyl sites for hydroxylation is 2. The van der Waals surface area contributed by atoms with Gasteiger partial charge in [-0.1, -0.05) is 121 Å². The molecule has 5 heteroatoms. The molecule has 2 heterocycles. The third-order valence-electron chi connectivity index (χ3n) is 7.82. The van der Waals surface area contributed by atoms with Gasteiger partial charge in [-0.2, -0.15) is 0 Å². The van der Waals surface area contributed by atoms with Crippen molar-refractivity contribution in [3.8, 4) is 56.2 Å². The smallest absolute Gasteiger partial charge is 0.295 e. The van der Waals surface area contributed by atoms with Crippen molar-refractivity contribution in [2.75, 3.05) is 0 Å². The highest BCUT2D eigenvalue weighted by Crippen LogP contribution is 2.35. The van der Waals surface area contributed by atoms with Crippen LogP contribution < -0.4 is 5.69 Å². The summed E-state index contributed by atoms with van der Waals surface area (Å²) in [6.45, 7) is 0. The molecular formula is C37H28N4O. The van der Waals surface area contributed by atoms with E-state index in [-0.39, 0.29) is 5.69 Å². The zero-order chi connectivity index (χ0) is 28.6. The molecule has 0 aliphatic carbocycles. The number of hydrogen-bond donors (Lipinski definition) is 0. The van der Waals surface area contributed by atoms with Crippen LogP contribution in [0, 0.1) is 0 Å². The number of benzene rings is 5. The van der Waals surface area contributed by atoms with Crippen LogP contribution in [-0.2, 0) is 14.1 Å². The Labute approximate surface area is 244 Å². The lowest BCUT2D eigenvalue weighted by molar-refractivity contribution is 0.795. The molecule has 0 bridgehead atoms. The molecule has 0 aliphatic rings. The van der Waals surface area contributed by atoms with Gasteiger partial charge >= 0.3 is 5.69 Å². The summed E-state index contributed by atoms with van der Waals surface area (Å²) >= 11 is 0. The summed E-state index contributed by atoms with van der Waals surface area (Å²) in [6.07, 6.45) is 0. The molecule has 0 radical (unpaired) electrons. The Morgan fingerprint density at radius 1 is 0.476 bits per heavy atom. The van der Waals surface area contributed by atoms with Crippen LogP contribution in [0.2, 0.25) is 0 Å². The van der Waals surface area contributed by atoms with Gasteiger partial charge in [-0.15, -0.1) is 0 Å². The average Bonchev–Trinajstić information content (AvgIpc) is 3.29. The summed E-state index contributed by atoms with van der Waals surface area (Å²) in [5.74, 6) is 0.680. The molecule has 7 rings (SSSR count). The molecule has 0 fully saturated rings. The highest BCUT2D eigenvalue weighted by molar-refractivity contribution is 5.93. The average molecular weight is 545 g/mol. The Morgan fingerprint density at radius 2 is 1.02 bits per heavy atom. The zero-order valence-electron chi connectivity index (χ0n) is 23.4. The lowest BCUT2D eigenvalue weighted by atomic mass is 9.96. The number of rotatable bonds is 5. The first-order valence-corrected chi connectivity index (χ1v) is 13.9. The van der Waals surface area contributed by atoms with Gasteiger partial charge in [0, 0.05) is 36.3 Å². The number of fused-ring (bicyclic) bond motifs is 1. The van der Waals surface area contributed by atoms with Crippen molar-refractivity contribution in [3.63, 3.8) is 0 Å². The summed E-state index contributed by atoms with van der Waals surface area (Å²) in [7, 11) is 3.63. The Bertz CT molecular complexity index is 2110. The molecule has 5 nitrogen and oxygen atoms in total. The summed E-state index contributed by atoms with van der Waals surface area (Å²) in [6, 6.07) is 45.4. The maximum absolute atomic E-state index is 12.6. The lowest BCUT2D eigenvalue weighted by Gasteiger charge is -2.13. The van der Waals surface area contributed by atoms with Gasteiger partial charge < -0.3 is 0 Å². The van der Waals surface area contributed by atoms with E-state index in [0.29, 0.717) is 5.82 Å². The van der Waals surface area contributed by atoms with Crippen molar-refractivity contribution in [2.45, 2.75) is 0 Å². The van der Waals surface area contributed by atoms with Crippen LogP contribution in [0.5, 0.6) is 0 Å². The third-order valence-corrected chi connectivity index (χ3v) is 7.82. The Balaban J connectivity index is 1.37. The number of nitrogens with zero attached hydrogens (tertiary/aromatic N) is 4. The highest BCUT2D eigenvalue weighted by Gasteiger charge is 2.16. The fraction of sp³-hybridized carbons (Fsp3) is 0.0541. The molecule has 42 heavy (non-hydrogen) atoms. The van der Waals surface area contributed by atoms with E-state index in [9.17, 15) is 4.79 Å². The second kappa shape index (κ2) is 10.5. The van der Waals surface area contributed by atoms with E-state index < -0.39 is 0 Å². The van der Waals surface area contributed by atoms with E-state index in [0.717, 1.165) is 61.4 Å². The topological polar surface area (TPSA) is 52.7 Å². The number of para-hydroxylation sites is 1. The van der Waals surface area contributed by atoms with E-state index in [1.165, 1.54) is 0 Å². The van der Waals surface area contributed by atoms with Gasteiger partial charge in [0.15, 0.2) is 5.82 Å². The van der Waals surface area contributed by atoms with Crippen LogP contribution in [0.1, 0.15) is 0 Å². The van der Waals surface area contributed by atoms with Crippen molar-refractivity contribution in [3.05, 3.63) is 144 Å². The van der Waals surface area contributed by atoms with Gasteiger partial charge in [0.25, 0.3) is 0 Å². The Kier molecular flexibility index (Phi) is 6.32. The zero-order valence-corrected chi connectivity index (χ0v) is 23.4. The largest absolute Gasteiger partial charge is 0.328 e. The summed E-state index contributed by atoms with van der Waals surface area (Å²) in [5, 5.41) is 0. The van der Waals surface area contributed by atoms with Crippen LogP contribution in [0.3, 0.4) is 0 Å². The first-order chi connectivity index (χ1) is 20.6. The van der Waals surface area contributed by atoms with E-state index in [1.54, 1.807) is 9.13 Å². The van der Waals surface area contributed by atoms with E-state index in [2.05, 4.69) is 84.9 Å². The fourth-order valence-electron chi connectivity index (χ4n) is 5.66. The molecule has 0 aliphatic heterocycles. The molecule has 5 aromatic carbocycles. The maximum atomic E-state index is 12.6. The van der Waals surface area contributed by atoms with Crippen molar-refractivity contribution in [1.82, 2.24) is 19.1 Å². The predicted molar refractivity (Wildman–Crippen MR) is 171 cm³/mol. The second-order valence-electron chi connectivity index (χ2n) is 10.4. The SMILES string of the molecule is Cn1c(=O)n(C)c2c(-c3ccc(-c4cc(-c5ccccc5-c5ccccc5)nc(-c5ccccc5)n4)cc3)cccc21. The van der Waals surface area contributed by atoms with Gasteiger partial charge in [-0.3, -0.25) is 9.13 Å². The Morgan fingerprint density at radius 3 is 1.74 bits per heavy atom. The standard InChI is InChI=1S/C37H28N4O/c1-40-34-19-11-18-30(35(34)41(2)37(40)42)26-20-22-27(23-21-26)32-24-33(39-36(38-32)28-14-7-4-8-15-28)31-17-10-9-16-29(31)25-12-5-3-6-13-25/h3-24H,1-2H3. The van der Waals surface area contributed by atoms with Crippen molar-refractivity contribution < 1.29 is 0 Å². The number of imidazole rings is 1. The minimum absolute atomic E-state index is 0.0354. The lowest BCUT2D eigenvalue weighted by Crippen LogP contribution is -2.19. The molecule has 0 unspecified atom stereocenters. The molecule has 0 N–H and O–H groups in total. The summed E-state index contributed by atoms with van der Waals surface area (Å²) in [4.78, 5) is 22.7. The van der Waals surface area contributed by atoms with Crippen LogP contribution in [-0.4, -0.2) is 19.1 Å². The fourth-order valence-corrected chi connectivity index (χ4v) is 5.66. The molecular weight excluding hydrogens is 516 g/mol. The molecule has 0 spiro atoms. The molecule has 0 amide bonds. The van der Waals surface area contributed by atoms with Crippen molar-refractivity contribution >= 4 is 11.0 Å². The van der Waals surface area contributed by atoms with Gasteiger partial charge in [-0.05, 0) is 28.8 Å². The molecule has 2 aromatic heterocycles. The van der Waals surface area contributed by atoms with Crippen LogP contribution in [0.25, 0.3) is 67.2 Å².